The highest BCUT2D eigenvalue weighted by Crippen LogP contribution is 2.31. The fourth-order valence-electron chi connectivity index (χ4n) is 2.23. The normalized spacial score (nSPS) is 12.7. The van der Waals surface area contributed by atoms with Crippen molar-refractivity contribution in [3.63, 3.8) is 0 Å². The summed E-state index contributed by atoms with van der Waals surface area (Å²) in [7, 11) is 0. The van der Waals surface area contributed by atoms with Gasteiger partial charge in [-0.15, -0.1) is 22.7 Å². The molecule has 1 atom stereocenters. The summed E-state index contributed by atoms with van der Waals surface area (Å²) in [5, 5.41) is 4.19. The minimum absolute atomic E-state index is 0.166. The lowest BCUT2D eigenvalue weighted by atomic mass is 10.1. The van der Waals surface area contributed by atoms with E-state index >= 15 is 0 Å². The summed E-state index contributed by atoms with van der Waals surface area (Å²) in [4.78, 5) is 6.99. The van der Waals surface area contributed by atoms with Crippen molar-refractivity contribution in [2.24, 2.45) is 5.73 Å². The standard InChI is InChI=1S/C14H15N3S2/c1-10-4-8-19-13(10)11(9-15)17-6-5-16-14(17)12-3-2-7-18-12/h2-8,11H,9,15H2,1H3. The second-order valence-electron chi connectivity index (χ2n) is 4.35. The Bertz CT molecular complexity index is 652. The number of thiophene rings is 2. The van der Waals surface area contributed by atoms with Crippen LogP contribution >= 0.6 is 22.7 Å². The molecule has 0 aliphatic rings. The van der Waals surface area contributed by atoms with E-state index in [1.54, 1.807) is 22.7 Å². The number of nitrogens with zero attached hydrogens (tertiary/aromatic N) is 2. The van der Waals surface area contributed by atoms with Crippen molar-refractivity contribution in [3.05, 3.63) is 51.8 Å². The summed E-state index contributed by atoms with van der Waals surface area (Å²) >= 11 is 3.46. The van der Waals surface area contributed by atoms with Crippen LogP contribution in [0.15, 0.2) is 41.4 Å². The van der Waals surface area contributed by atoms with Crippen molar-refractivity contribution in [2.75, 3.05) is 6.54 Å². The first-order valence-corrected chi connectivity index (χ1v) is 7.88. The second kappa shape index (κ2) is 5.28. The molecule has 98 valence electrons. The van der Waals surface area contributed by atoms with Crippen LogP contribution in [0, 0.1) is 6.92 Å². The third-order valence-electron chi connectivity index (χ3n) is 3.17. The SMILES string of the molecule is Cc1ccsc1C(CN)n1ccnc1-c1cccs1. The molecule has 3 aromatic heterocycles. The molecule has 0 aliphatic heterocycles. The lowest BCUT2D eigenvalue weighted by Crippen LogP contribution is -2.20. The van der Waals surface area contributed by atoms with Gasteiger partial charge in [-0.3, -0.25) is 0 Å². The molecule has 0 saturated carbocycles. The lowest BCUT2D eigenvalue weighted by molar-refractivity contribution is 0.608. The van der Waals surface area contributed by atoms with Crippen LogP contribution in [0.1, 0.15) is 16.5 Å². The first-order chi connectivity index (χ1) is 9.31. The third kappa shape index (κ3) is 2.25. The van der Waals surface area contributed by atoms with Gasteiger partial charge in [-0.2, -0.15) is 0 Å². The number of hydrogen-bond acceptors (Lipinski definition) is 4. The third-order valence-corrected chi connectivity index (χ3v) is 5.16. The Morgan fingerprint density at radius 2 is 2.21 bits per heavy atom. The first-order valence-electron chi connectivity index (χ1n) is 6.12. The fraction of sp³-hybridized carbons (Fsp3) is 0.214. The van der Waals surface area contributed by atoms with Gasteiger partial charge in [0.25, 0.3) is 0 Å². The van der Waals surface area contributed by atoms with Crippen molar-refractivity contribution in [1.82, 2.24) is 9.55 Å². The first kappa shape index (κ1) is 12.6. The van der Waals surface area contributed by atoms with Gasteiger partial charge in [-0.25, -0.2) is 4.98 Å². The van der Waals surface area contributed by atoms with Gasteiger partial charge in [-0.1, -0.05) is 6.07 Å². The largest absolute Gasteiger partial charge is 0.328 e. The Morgan fingerprint density at radius 3 is 2.84 bits per heavy atom. The van der Waals surface area contributed by atoms with Crippen LogP contribution in [0.4, 0.5) is 0 Å². The highest BCUT2D eigenvalue weighted by molar-refractivity contribution is 7.13. The molecular formula is C14H15N3S2. The van der Waals surface area contributed by atoms with E-state index in [1.807, 2.05) is 18.5 Å². The Balaban J connectivity index is 2.06. The predicted octanol–water partition coefficient (Wildman–Crippen LogP) is 3.53. The Morgan fingerprint density at radius 1 is 1.32 bits per heavy atom. The molecule has 0 bridgehead atoms. The molecular weight excluding hydrogens is 274 g/mol. The molecule has 0 aromatic carbocycles. The Labute approximate surface area is 120 Å². The van der Waals surface area contributed by atoms with Crippen molar-refractivity contribution >= 4 is 22.7 Å². The smallest absolute Gasteiger partial charge is 0.150 e. The molecule has 3 nitrogen and oxygen atoms in total. The predicted molar refractivity (Wildman–Crippen MR) is 81.8 cm³/mol. The van der Waals surface area contributed by atoms with Crippen molar-refractivity contribution in [2.45, 2.75) is 13.0 Å². The molecule has 0 spiro atoms. The van der Waals surface area contributed by atoms with Gasteiger partial charge in [0.2, 0.25) is 0 Å². The van der Waals surface area contributed by atoms with Crippen LogP contribution in [-0.2, 0) is 0 Å². The van der Waals surface area contributed by atoms with E-state index in [1.165, 1.54) is 15.3 Å². The summed E-state index contributed by atoms with van der Waals surface area (Å²) in [6, 6.07) is 6.45. The molecule has 3 aromatic rings. The van der Waals surface area contributed by atoms with Gasteiger partial charge >= 0.3 is 0 Å². The van der Waals surface area contributed by atoms with E-state index in [-0.39, 0.29) is 6.04 Å². The molecule has 1 unspecified atom stereocenters. The zero-order valence-electron chi connectivity index (χ0n) is 10.6. The number of aryl methyl sites for hydroxylation is 1. The molecule has 0 aliphatic carbocycles. The zero-order chi connectivity index (χ0) is 13.2. The molecule has 3 heterocycles. The molecule has 19 heavy (non-hydrogen) atoms. The molecule has 2 N–H and O–H groups in total. The molecule has 5 heteroatoms. The second-order valence-corrected chi connectivity index (χ2v) is 6.25. The van der Waals surface area contributed by atoms with Gasteiger partial charge in [0, 0.05) is 23.8 Å². The molecule has 0 radical (unpaired) electrons. The van der Waals surface area contributed by atoms with Crippen LogP contribution in [-0.4, -0.2) is 16.1 Å². The monoisotopic (exact) mass is 289 g/mol. The van der Waals surface area contributed by atoms with E-state index in [2.05, 4.69) is 39.4 Å². The number of hydrogen-bond donors (Lipinski definition) is 1. The Hall–Kier alpha value is -1.43. The summed E-state index contributed by atoms with van der Waals surface area (Å²) in [6.07, 6.45) is 3.87. The van der Waals surface area contributed by atoms with Crippen LogP contribution in [0.2, 0.25) is 0 Å². The average Bonchev–Trinajstić information content (AvgIpc) is 3.11. The number of rotatable bonds is 4. The van der Waals surface area contributed by atoms with E-state index in [0.29, 0.717) is 6.54 Å². The highest BCUT2D eigenvalue weighted by Gasteiger charge is 2.19. The van der Waals surface area contributed by atoms with Crippen molar-refractivity contribution in [3.8, 4) is 10.7 Å². The van der Waals surface area contributed by atoms with Crippen LogP contribution < -0.4 is 5.73 Å². The summed E-state index contributed by atoms with van der Waals surface area (Å²) in [6.45, 7) is 2.71. The quantitative estimate of drug-likeness (QED) is 0.798. The maximum Gasteiger partial charge on any atom is 0.150 e. The van der Waals surface area contributed by atoms with Crippen LogP contribution in [0.25, 0.3) is 10.7 Å². The van der Waals surface area contributed by atoms with Gasteiger partial charge in [-0.05, 0) is 35.4 Å². The summed E-state index contributed by atoms with van der Waals surface area (Å²) in [5.41, 5.74) is 7.31. The van der Waals surface area contributed by atoms with Crippen molar-refractivity contribution in [1.29, 1.82) is 0 Å². The van der Waals surface area contributed by atoms with Gasteiger partial charge < -0.3 is 10.3 Å². The minimum Gasteiger partial charge on any atom is -0.328 e. The van der Waals surface area contributed by atoms with Crippen molar-refractivity contribution < 1.29 is 0 Å². The lowest BCUT2D eigenvalue weighted by Gasteiger charge is -2.18. The molecule has 3 rings (SSSR count). The number of nitrogens with two attached hydrogens (primary N) is 1. The maximum absolute atomic E-state index is 6.01. The van der Waals surface area contributed by atoms with E-state index in [9.17, 15) is 0 Å². The zero-order valence-corrected chi connectivity index (χ0v) is 12.2. The van der Waals surface area contributed by atoms with Gasteiger partial charge in [0.05, 0.1) is 10.9 Å². The average molecular weight is 289 g/mol. The number of aromatic nitrogens is 2. The highest BCUT2D eigenvalue weighted by atomic mass is 32.1. The Kier molecular flexibility index (Phi) is 3.50. The van der Waals surface area contributed by atoms with Gasteiger partial charge in [0.1, 0.15) is 0 Å². The summed E-state index contributed by atoms with van der Waals surface area (Å²) < 4.78 is 2.19. The fourth-order valence-corrected chi connectivity index (χ4v) is 4.00. The topological polar surface area (TPSA) is 43.8 Å². The van der Waals surface area contributed by atoms with Crippen LogP contribution in [0.5, 0.6) is 0 Å². The number of imidazole rings is 1. The van der Waals surface area contributed by atoms with Crippen LogP contribution in [0.3, 0.4) is 0 Å². The van der Waals surface area contributed by atoms with E-state index in [4.69, 9.17) is 5.73 Å². The molecule has 0 saturated heterocycles. The molecule has 0 amide bonds. The summed E-state index contributed by atoms with van der Waals surface area (Å²) in [5.74, 6) is 0.998. The van der Waals surface area contributed by atoms with E-state index in [0.717, 1.165) is 5.82 Å². The van der Waals surface area contributed by atoms with E-state index < -0.39 is 0 Å². The maximum atomic E-state index is 6.01. The van der Waals surface area contributed by atoms with Gasteiger partial charge in [0.15, 0.2) is 5.82 Å². The molecule has 0 fully saturated rings. The minimum atomic E-state index is 0.166.